The lowest BCUT2D eigenvalue weighted by atomic mass is 9.69. The van der Waals surface area contributed by atoms with Crippen molar-refractivity contribution in [1.29, 1.82) is 0 Å². The maximum absolute atomic E-state index is 6.22. The summed E-state index contributed by atoms with van der Waals surface area (Å²) in [6.07, 6.45) is 8.02. The lowest BCUT2D eigenvalue weighted by Crippen LogP contribution is -2.25. The summed E-state index contributed by atoms with van der Waals surface area (Å²) in [5.74, 6) is 1.61. The van der Waals surface area contributed by atoms with E-state index in [9.17, 15) is 0 Å². The number of nitrogens with two attached hydrogens (primary N) is 1. The smallest absolute Gasteiger partial charge is 0.0595 e. The van der Waals surface area contributed by atoms with Crippen LogP contribution in [0.1, 0.15) is 37.7 Å². The van der Waals surface area contributed by atoms with Gasteiger partial charge in [-0.15, -0.1) is 0 Å². The zero-order valence-electron chi connectivity index (χ0n) is 12.3. The number of halogens is 2. The molecule has 0 fully saturated rings. The Kier molecular flexibility index (Phi) is 4.44. The molecule has 3 heteroatoms. The van der Waals surface area contributed by atoms with E-state index in [1.54, 1.807) is 5.57 Å². The molecular formula is C18H21Cl2N. The van der Waals surface area contributed by atoms with Gasteiger partial charge in [0.1, 0.15) is 0 Å². The third kappa shape index (κ3) is 3.06. The highest BCUT2D eigenvalue weighted by molar-refractivity contribution is 6.42. The minimum atomic E-state index is 0.435. The molecule has 1 unspecified atom stereocenters. The fourth-order valence-corrected chi connectivity index (χ4v) is 3.92. The van der Waals surface area contributed by atoms with Crippen LogP contribution in [-0.4, -0.2) is 6.54 Å². The lowest BCUT2D eigenvalue weighted by Gasteiger charge is -2.36. The SMILES string of the molecule is CC1C=CC2=C(C1)[C@H](c1ccc(Cl)c(Cl)c1)C[C@H](CN)C2. The van der Waals surface area contributed by atoms with Gasteiger partial charge in [0.05, 0.1) is 10.0 Å². The van der Waals surface area contributed by atoms with E-state index in [1.165, 1.54) is 11.1 Å². The lowest BCUT2D eigenvalue weighted by molar-refractivity contribution is 0.419. The molecule has 0 spiro atoms. The molecule has 0 radical (unpaired) electrons. The van der Waals surface area contributed by atoms with Crippen molar-refractivity contribution in [3.05, 3.63) is 57.1 Å². The van der Waals surface area contributed by atoms with Crippen LogP contribution in [0.4, 0.5) is 0 Å². The van der Waals surface area contributed by atoms with Gasteiger partial charge >= 0.3 is 0 Å². The van der Waals surface area contributed by atoms with E-state index in [0.29, 0.717) is 27.8 Å². The van der Waals surface area contributed by atoms with Gasteiger partial charge in [-0.05, 0) is 60.9 Å². The molecule has 2 aliphatic rings. The van der Waals surface area contributed by atoms with Crippen LogP contribution in [-0.2, 0) is 0 Å². The first-order chi connectivity index (χ1) is 10.1. The minimum Gasteiger partial charge on any atom is -0.330 e. The molecular weight excluding hydrogens is 301 g/mol. The van der Waals surface area contributed by atoms with Crippen molar-refractivity contribution in [1.82, 2.24) is 0 Å². The quantitative estimate of drug-likeness (QED) is 0.781. The molecule has 0 saturated heterocycles. The second-order valence-corrected chi connectivity index (χ2v) is 7.17. The van der Waals surface area contributed by atoms with Gasteiger partial charge in [0.2, 0.25) is 0 Å². The molecule has 1 aromatic rings. The highest BCUT2D eigenvalue weighted by Crippen LogP contribution is 2.46. The number of rotatable bonds is 2. The van der Waals surface area contributed by atoms with Gasteiger partial charge in [-0.1, -0.05) is 53.9 Å². The zero-order valence-corrected chi connectivity index (χ0v) is 13.8. The minimum absolute atomic E-state index is 0.435. The molecule has 112 valence electrons. The summed E-state index contributed by atoms with van der Waals surface area (Å²) in [6, 6.07) is 6.06. The Bertz CT molecular complexity index is 603. The van der Waals surface area contributed by atoms with E-state index >= 15 is 0 Å². The number of hydrogen-bond donors (Lipinski definition) is 1. The van der Waals surface area contributed by atoms with Crippen LogP contribution in [0.25, 0.3) is 0 Å². The molecule has 3 rings (SSSR count). The highest BCUT2D eigenvalue weighted by atomic mass is 35.5. The van der Waals surface area contributed by atoms with Gasteiger partial charge in [0.15, 0.2) is 0 Å². The van der Waals surface area contributed by atoms with Gasteiger partial charge < -0.3 is 5.73 Å². The predicted octanol–water partition coefficient (Wildman–Crippen LogP) is 5.34. The molecule has 2 aliphatic carbocycles. The molecule has 0 heterocycles. The molecule has 3 atom stereocenters. The van der Waals surface area contributed by atoms with Gasteiger partial charge in [0.25, 0.3) is 0 Å². The van der Waals surface area contributed by atoms with Crippen LogP contribution in [0.15, 0.2) is 41.5 Å². The van der Waals surface area contributed by atoms with Crippen molar-refractivity contribution in [2.24, 2.45) is 17.6 Å². The maximum atomic E-state index is 6.22. The fraction of sp³-hybridized carbons (Fsp3) is 0.444. The van der Waals surface area contributed by atoms with Crippen molar-refractivity contribution in [3.8, 4) is 0 Å². The number of benzene rings is 1. The second kappa shape index (κ2) is 6.16. The Morgan fingerprint density at radius 2 is 2.00 bits per heavy atom. The van der Waals surface area contributed by atoms with Gasteiger partial charge in [-0.25, -0.2) is 0 Å². The Morgan fingerprint density at radius 3 is 2.71 bits per heavy atom. The summed E-state index contributed by atoms with van der Waals surface area (Å²) in [7, 11) is 0. The van der Waals surface area contributed by atoms with Crippen molar-refractivity contribution in [3.63, 3.8) is 0 Å². The van der Waals surface area contributed by atoms with Crippen LogP contribution < -0.4 is 5.73 Å². The van der Waals surface area contributed by atoms with Crippen LogP contribution in [0.2, 0.25) is 10.0 Å². The molecule has 0 bridgehead atoms. The first kappa shape index (κ1) is 15.1. The Hall–Kier alpha value is -0.760. The summed E-state index contributed by atoms with van der Waals surface area (Å²) in [4.78, 5) is 0. The number of allylic oxidation sites excluding steroid dienone is 4. The molecule has 1 nitrogen and oxygen atoms in total. The first-order valence-corrected chi connectivity index (χ1v) is 8.39. The third-order valence-electron chi connectivity index (χ3n) is 4.76. The van der Waals surface area contributed by atoms with Gasteiger partial charge in [-0.2, -0.15) is 0 Å². The topological polar surface area (TPSA) is 26.0 Å². The van der Waals surface area contributed by atoms with E-state index in [2.05, 4.69) is 25.1 Å². The van der Waals surface area contributed by atoms with Gasteiger partial charge in [0, 0.05) is 5.92 Å². The summed E-state index contributed by atoms with van der Waals surface area (Å²) in [5.41, 5.74) is 10.3. The first-order valence-electron chi connectivity index (χ1n) is 7.63. The third-order valence-corrected chi connectivity index (χ3v) is 5.50. The fourth-order valence-electron chi connectivity index (χ4n) is 3.61. The van der Waals surface area contributed by atoms with E-state index < -0.39 is 0 Å². The van der Waals surface area contributed by atoms with Crippen LogP contribution >= 0.6 is 23.2 Å². The Morgan fingerprint density at radius 1 is 1.19 bits per heavy atom. The van der Waals surface area contributed by atoms with Crippen molar-refractivity contribution in [2.75, 3.05) is 6.54 Å². The van der Waals surface area contributed by atoms with E-state index in [4.69, 9.17) is 28.9 Å². The summed E-state index contributed by atoms with van der Waals surface area (Å²) in [5, 5.41) is 1.27. The molecule has 0 aromatic heterocycles. The molecule has 2 N–H and O–H groups in total. The zero-order chi connectivity index (χ0) is 15.0. The number of hydrogen-bond acceptors (Lipinski definition) is 1. The van der Waals surface area contributed by atoms with Gasteiger partial charge in [-0.3, -0.25) is 0 Å². The molecule has 21 heavy (non-hydrogen) atoms. The average Bonchev–Trinajstić information content (AvgIpc) is 2.49. The van der Waals surface area contributed by atoms with E-state index in [-0.39, 0.29) is 0 Å². The molecule has 0 aliphatic heterocycles. The Labute approximate surface area is 136 Å². The standard InChI is InChI=1S/C18H21Cl2N/c1-11-2-3-13-7-12(10-21)8-16(15(13)6-11)14-4-5-17(19)18(20)9-14/h2-5,9,11-12,16H,6-8,10,21H2,1H3/t11?,12-,16+/m1/s1. The van der Waals surface area contributed by atoms with Crippen molar-refractivity contribution >= 4 is 23.2 Å². The second-order valence-electron chi connectivity index (χ2n) is 6.36. The van der Waals surface area contributed by atoms with Crippen LogP contribution in [0.3, 0.4) is 0 Å². The van der Waals surface area contributed by atoms with Crippen molar-refractivity contribution < 1.29 is 0 Å². The highest BCUT2D eigenvalue weighted by Gasteiger charge is 2.31. The summed E-state index contributed by atoms with van der Waals surface area (Å²) in [6.45, 7) is 3.03. The monoisotopic (exact) mass is 321 g/mol. The average molecular weight is 322 g/mol. The predicted molar refractivity (Wildman–Crippen MR) is 90.9 cm³/mol. The van der Waals surface area contributed by atoms with Crippen LogP contribution in [0.5, 0.6) is 0 Å². The largest absolute Gasteiger partial charge is 0.330 e. The van der Waals surface area contributed by atoms with E-state index in [0.717, 1.165) is 25.8 Å². The van der Waals surface area contributed by atoms with E-state index in [1.807, 2.05) is 12.1 Å². The van der Waals surface area contributed by atoms with Crippen molar-refractivity contribution in [2.45, 2.75) is 32.1 Å². The normalized spacial score (nSPS) is 28.7. The molecule has 1 aromatic carbocycles. The molecule has 0 amide bonds. The molecule has 0 saturated carbocycles. The Balaban J connectivity index is 2.01. The maximum Gasteiger partial charge on any atom is 0.0595 e. The summed E-state index contributed by atoms with van der Waals surface area (Å²) < 4.78 is 0. The summed E-state index contributed by atoms with van der Waals surface area (Å²) >= 11 is 12.3. The van der Waals surface area contributed by atoms with Crippen LogP contribution in [0, 0.1) is 11.8 Å².